The lowest BCUT2D eigenvalue weighted by Crippen LogP contribution is -2.51. The zero-order valence-electron chi connectivity index (χ0n) is 21.5. The number of carboxylic acid groups (broad SMARTS) is 1. The highest BCUT2D eigenvalue weighted by atomic mass is 19.4. The number of anilines is 2. The third-order valence-corrected chi connectivity index (χ3v) is 7.48. The fourth-order valence-corrected chi connectivity index (χ4v) is 5.39. The maximum Gasteiger partial charge on any atom is 0.435 e. The second kappa shape index (κ2) is 11.0. The first-order chi connectivity index (χ1) is 19.1. The molecule has 12 heteroatoms. The molecule has 2 aromatic carbocycles. The summed E-state index contributed by atoms with van der Waals surface area (Å²) in [6.07, 6.45) is -1.88. The zero-order valence-corrected chi connectivity index (χ0v) is 21.5. The monoisotopic (exact) mass is 555 g/mol. The molecule has 1 saturated heterocycles. The van der Waals surface area contributed by atoms with Gasteiger partial charge >= 0.3 is 12.1 Å². The van der Waals surface area contributed by atoms with Gasteiger partial charge in [-0.3, -0.25) is 14.4 Å². The summed E-state index contributed by atoms with van der Waals surface area (Å²) >= 11 is 0. The number of nitrogens with one attached hydrogen (secondary N) is 1. The minimum atomic E-state index is -4.81. The number of hydrogen-bond donors (Lipinski definition) is 2. The first-order valence-corrected chi connectivity index (χ1v) is 13.0. The van der Waals surface area contributed by atoms with Gasteiger partial charge in [0.1, 0.15) is 0 Å². The maximum absolute atomic E-state index is 13.6. The molecule has 2 amide bonds. The predicted molar refractivity (Wildman–Crippen MR) is 140 cm³/mol. The highest BCUT2D eigenvalue weighted by Gasteiger charge is 2.41. The van der Waals surface area contributed by atoms with E-state index in [4.69, 9.17) is 0 Å². The van der Waals surface area contributed by atoms with Crippen molar-refractivity contribution in [2.75, 3.05) is 36.4 Å². The lowest BCUT2D eigenvalue weighted by atomic mass is 9.94. The van der Waals surface area contributed by atoms with E-state index in [-0.39, 0.29) is 5.91 Å². The summed E-state index contributed by atoms with van der Waals surface area (Å²) in [6.45, 7) is 2.03. The molecule has 2 heterocycles. The minimum Gasteiger partial charge on any atom is -0.481 e. The van der Waals surface area contributed by atoms with E-state index in [1.807, 2.05) is 0 Å². The van der Waals surface area contributed by atoms with E-state index in [9.17, 15) is 32.7 Å². The van der Waals surface area contributed by atoms with Gasteiger partial charge in [-0.1, -0.05) is 24.6 Å². The Hall–Kier alpha value is -4.35. The number of carbonyl (C=O) groups excluding carboxylic acids is 2. The molecule has 0 radical (unpaired) electrons. The van der Waals surface area contributed by atoms with Crippen molar-refractivity contribution in [1.82, 2.24) is 14.7 Å². The molecule has 3 aromatic rings. The molecule has 2 atom stereocenters. The number of aliphatic carboxylic acids is 1. The Morgan fingerprint density at radius 3 is 2.15 bits per heavy atom. The third-order valence-electron chi connectivity index (χ3n) is 7.48. The van der Waals surface area contributed by atoms with Crippen LogP contribution in [-0.2, 0) is 15.8 Å². The second-order valence-electron chi connectivity index (χ2n) is 9.96. The van der Waals surface area contributed by atoms with Crippen molar-refractivity contribution in [3.05, 3.63) is 72.1 Å². The van der Waals surface area contributed by atoms with Crippen LogP contribution >= 0.6 is 0 Å². The number of piperazine rings is 1. The van der Waals surface area contributed by atoms with Crippen LogP contribution in [0, 0.1) is 11.8 Å². The number of carbonyl (C=O) groups is 3. The van der Waals surface area contributed by atoms with Gasteiger partial charge in [-0.15, -0.1) is 0 Å². The van der Waals surface area contributed by atoms with Crippen LogP contribution in [0.2, 0.25) is 0 Å². The Morgan fingerprint density at radius 2 is 1.52 bits per heavy atom. The number of benzene rings is 2. The molecule has 1 aliphatic carbocycles. The Balaban J connectivity index is 1.22. The van der Waals surface area contributed by atoms with Crippen molar-refractivity contribution >= 4 is 29.2 Å². The molecule has 1 aromatic heterocycles. The van der Waals surface area contributed by atoms with Crippen molar-refractivity contribution < 1.29 is 32.7 Å². The molecule has 210 valence electrons. The minimum absolute atomic E-state index is 0.101. The summed E-state index contributed by atoms with van der Waals surface area (Å²) in [7, 11) is 0. The van der Waals surface area contributed by atoms with Crippen LogP contribution in [0.4, 0.5) is 24.5 Å². The van der Waals surface area contributed by atoms with E-state index in [2.05, 4.69) is 15.3 Å². The largest absolute Gasteiger partial charge is 0.481 e. The molecule has 2 unspecified atom stereocenters. The van der Waals surface area contributed by atoms with E-state index < -0.39 is 41.1 Å². The molecule has 2 fully saturated rings. The Labute approximate surface area is 228 Å². The summed E-state index contributed by atoms with van der Waals surface area (Å²) in [5.74, 6) is -3.03. The summed E-state index contributed by atoms with van der Waals surface area (Å²) in [4.78, 5) is 41.0. The highest BCUT2D eigenvalue weighted by molar-refractivity contribution is 6.05. The van der Waals surface area contributed by atoms with Gasteiger partial charge in [-0.05, 0) is 49.2 Å². The average molecular weight is 556 g/mol. The molecule has 5 rings (SSSR count). The molecular weight excluding hydrogens is 527 g/mol. The van der Waals surface area contributed by atoms with Gasteiger partial charge in [0, 0.05) is 43.8 Å². The highest BCUT2D eigenvalue weighted by Crippen LogP contribution is 2.34. The van der Waals surface area contributed by atoms with Crippen molar-refractivity contribution in [2.24, 2.45) is 11.8 Å². The Bertz CT molecular complexity index is 1380. The van der Waals surface area contributed by atoms with Crippen LogP contribution in [0.5, 0.6) is 0 Å². The molecule has 0 spiro atoms. The maximum atomic E-state index is 13.6. The number of halogens is 3. The third kappa shape index (κ3) is 5.65. The lowest BCUT2D eigenvalue weighted by Gasteiger charge is -2.37. The van der Waals surface area contributed by atoms with Gasteiger partial charge in [-0.25, -0.2) is 4.68 Å². The smallest absolute Gasteiger partial charge is 0.435 e. The van der Waals surface area contributed by atoms with Crippen LogP contribution < -0.4 is 10.2 Å². The van der Waals surface area contributed by atoms with Crippen molar-refractivity contribution in [1.29, 1.82) is 0 Å². The molecule has 1 aliphatic heterocycles. The molecule has 2 N–H and O–H groups in total. The molecule has 2 aliphatic rings. The Morgan fingerprint density at radius 1 is 0.875 bits per heavy atom. The molecule has 9 nitrogen and oxygen atoms in total. The first kappa shape index (κ1) is 27.2. The van der Waals surface area contributed by atoms with E-state index in [0.29, 0.717) is 50.4 Å². The van der Waals surface area contributed by atoms with E-state index >= 15 is 0 Å². The van der Waals surface area contributed by atoms with Gasteiger partial charge in [0.05, 0.1) is 23.1 Å². The van der Waals surface area contributed by atoms with Gasteiger partial charge in [0.2, 0.25) is 5.91 Å². The van der Waals surface area contributed by atoms with E-state index in [0.717, 1.165) is 23.0 Å². The second-order valence-corrected chi connectivity index (χ2v) is 9.96. The van der Waals surface area contributed by atoms with E-state index in [1.165, 1.54) is 0 Å². The van der Waals surface area contributed by atoms with Gasteiger partial charge < -0.3 is 20.2 Å². The number of nitrogens with zero attached hydrogens (tertiary/aromatic N) is 4. The van der Waals surface area contributed by atoms with Gasteiger partial charge in [-0.2, -0.15) is 18.3 Å². The molecule has 40 heavy (non-hydrogen) atoms. The van der Waals surface area contributed by atoms with Crippen LogP contribution in [0.1, 0.15) is 35.3 Å². The molecular formula is C28H28F3N5O4. The number of rotatable bonds is 6. The standard InChI is InChI=1S/C28H28F3N5O4/c29-28(30,31)24-23(17-36(33-24)20-5-2-1-3-6-20)25(37)32-18-9-11-19(12-10-18)34-13-15-35(16-14-34)26(38)21-7-4-8-22(21)27(39)40/h1-3,5-6,9-12,17,21-22H,4,7-8,13-16H2,(H,32,37)(H,39,40). The van der Waals surface area contributed by atoms with Gasteiger partial charge in [0.25, 0.3) is 5.91 Å². The number of hydrogen-bond acceptors (Lipinski definition) is 5. The quantitative estimate of drug-likeness (QED) is 0.470. The topological polar surface area (TPSA) is 108 Å². The molecule has 0 bridgehead atoms. The molecule has 1 saturated carbocycles. The predicted octanol–water partition coefficient (Wildman–Crippen LogP) is 4.29. The van der Waals surface area contributed by atoms with Crippen molar-refractivity contribution in [3.8, 4) is 5.69 Å². The normalized spacial score (nSPS) is 19.5. The summed E-state index contributed by atoms with van der Waals surface area (Å²) in [5, 5.41) is 15.5. The number of aromatic nitrogens is 2. The lowest BCUT2D eigenvalue weighted by molar-refractivity contribution is -0.149. The van der Waals surface area contributed by atoms with Crippen molar-refractivity contribution in [2.45, 2.75) is 25.4 Å². The van der Waals surface area contributed by atoms with Gasteiger partial charge in [0.15, 0.2) is 5.69 Å². The van der Waals surface area contributed by atoms with Crippen LogP contribution in [-0.4, -0.2) is 63.7 Å². The summed E-state index contributed by atoms with van der Waals surface area (Å²) in [5.41, 5.74) is -0.312. The number of alkyl halides is 3. The summed E-state index contributed by atoms with van der Waals surface area (Å²) < 4.78 is 42.0. The SMILES string of the molecule is O=C(Nc1ccc(N2CCN(C(=O)C3CCCC3C(=O)O)CC2)cc1)c1cn(-c2ccccc2)nc1C(F)(F)F. The number of amides is 2. The van der Waals surface area contributed by atoms with E-state index in [1.54, 1.807) is 59.5 Å². The zero-order chi connectivity index (χ0) is 28.4. The number of carboxylic acids is 1. The fourth-order valence-electron chi connectivity index (χ4n) is 5.39. The average Bonchev–Trinajstić information content (AvgIpc) is 3.62. The van der Waals surface area contributed by atoms with Crippen LogP contribution in [0.3, 0.4) is 0 Å². The van der Waals surface area contributed by atoms with Crippen LogP contribution in [0.15, 0.2) is 60.8 Å². The van der Waals surface area contributed by atoms with Crippen molar-refractivity contribution in [3.63, 3.8) is 0 Å². The number of para-hydroxylation sites is 1. The Kier molecular flexibility index (Phi) is 7.51. The first-order valence-electron chi connectivity index (χ1n) is 13.0. The van der Waals surface area contributed by atoms with Crippen LogP contribution in [0.25, 0.3) is 5.69 Å². The fraction of sp³-hybridized carbons (Fsp3) is 0.357. The summed E-state index contributed by atoms with van der Waals surface area (Å²) in [6, 6.07) is 14.9.